The first-order valence-corrected chi connectivity index (χ1v) is 12.6. The van der Waals surface area contributed by atoms with Gasteiger partial charge in [-0.15, -0.1) is 10.2 Å². The Labute approximate surface area is 204 Å². The number of methoxy groups -OCH3 is 1. The van der Waals surface area contributed by atoms with E-state index in [1.54, 1.807) is 7.11 Å². The Hall–Kier alpha value is -3.20. The third-order valence-corrected chi connectivity index (χ3v) is 6.56. The van der Waals surface area contributed by atoms with Gasteiger partial charge in [-0.2, -0.15) is 0 Å². The van der Waals surface area contributed by atoms with Gasteiger partial charge in [0.05, 0.1) is 25.1 Å². The Bertz CT molecular complexity index is 1080. The van der Waals surface area contributed by atoms with Crippen LogP contribution in [0.1, 0.15) is 24.8 Å². The van der Waals surface area contributed by atoms with Crippen molar-refractivity contribution in [3.05, 3.63) is 54.1 Å². The number of nitrogens with zero attached hydrogens (tertiary/aromatic N) is 4. The number of piperidine rings is 1. The fourth-order valence-electron chi connectivity index (χ4n) is 3.84. The highest BCUT2D eigenvalue weighted by atomic mass is 32.2. The molecule has 8 nitrogen and oxygen atoms in total. The topological polar surface area (TPSA) is 81.5 Å². The third kappa shape index (κ3) is 6.02. The Morgan fingerprint density at radius 3 is 2.50 bits per heavy atom. The number of amides is 1. The van der Waals surface area contributed by atoms with E-state index < -0.39 is 0 Å². The maximum atomic E-state index is 12.5. The van der Waals surface area contributed by atoms with E-state index in [-0.39, 0.29) is 11.7 Å². The second-order valence-corrected chi connectivity index (χ2v) is 9.08. The van der Waals surface area contributed by atoms with Crippen LogP contribution in [0.4, 0.5) is 5.95 Å². The van der Waals surface area contributed by atoms with Crippen LogP contribution in [0.3, 0.4) is 0 Å². The molecule has 0 radical (unpaired) electrons. The van der Waals surface area contributed by atoms with Gasteiger partial charge in [0.15, 0.2) is 16.7 Å². The first-order chi connectivity index (χ1) is 16.7. The van der Waals surface area contributed by atoms with Gasteiger partial charge in [0.1, 0.15) is 6.61 Å². The average molecular weight is 482 g/mol. The lowest BCUT2D eigenvalue weighted by Crippen LogP contribution is -2.32. The van der Waals surface area contributed by atoms with Crippen LogP contribution in [0.2, 0.25) is 0 Å². The number of anilines is 1. The molecular formula is C25H31N5O3S. The highest BCUT2D eigenvalue weighted by Gasteiger charge is 2.22. The number of nitrogens with one attached hydrogen (secondary N) is 1. The molecular weight excluding hydrogens is 450 g/mol. The van der Waals surface area contributed by atoms with Gasteiger partial charge in [-0.3, -0.25) is 9.36 Å². The van der Waals surface area contributed by atoms with Crippen molar-refractivity contribution in [2.45, 2.75) is 31.3 Å². The number of thioether (sulfide) groups is 1. The average Bonchev–Trinajstić information content (AvgIpc) is 3.30. The lowest BCUT2D eigenvalue weighted by Gasteiger charge is -2.27. The zero-order chi connectivity index (χ0) is 23.8. The predicted octanol–water partition coefficient (Wildman–Crippen LogP) is 3.86. The first-order valence-electron chi connectivity index (χ1n) is 11.6. The van der Waals surface area contributed by atoms with Crippen molar-refractivity contribution in [1.82, 2.24) is 20.1 Å². The number of benzene rings is 2. The maximum Gasteiger partial charge on any atom is 0.232 e. The summed E-state index contributed by atoms with van der Waals surface area (Å²) in [5.41, 5.74) is 2.20. The number of aromatic nitrogens is 3. The quantitative estimate of drug-likeness (QED) is 0.348. The van der Waals surface area contributed by atoms with E-state index in [2.05, 4.69) is 56.2 Å². The maximum absolute atomic E-state index is 12.5. The van der Waals surface area contributed by atoms with E-state index in [0.29, 0.717) is 29.8 Å². The molecule has 9 heteroatoms. The van der Waals surface area contributed by atoms with Crippen molar-refractivity contribution >= 4 is 23.6 Å². The second kappa shape index (κ2) is 11.8. The normalized spacial score (nSPS) is 13.5. The molecule has 1 aliphatic heterocycles. The van der Waals surface area contributed by atoms with Gasteiger partial charge in [0.25, 0.3) is 0 Å². The van der Waals surface area contributed by atoms with Crippen LogP contribution in [0.15, 0.2) is 53.7 Å². The minimum absolute atomic E-state index is 0.0772. The minimum Gasteiger partial charge on any atom is -0.493 e. The summed E-state index contributed by atoms with van der Waals surface area (Å²) in [4.78, 5) is 14.8. The van der Waals surface area contributed by atoms with Crippen LogP contribution in [-0.2, 0) is 4.79 Å². The lowest BCUT2D eigenvalue weighted by molar-refractivity contribution is -0.118. The largest absolute Gasteiger partial charge is 0.493 e. The smallest absolute Gasteiger partial charge is 0.232 e. The highest BCUT2D eigenvalue weighted by Crippen LogP contribution is 2.28. The zero-order valence-corrected chi connectivity index (χ0v) is 20.5. The molecule has 1 fully saturated rings. The number of hydrogen-bond acceptors (Lipinski definition) is 7. The number of aryl methyl sites for hydroxylation is 1. The van der Waals surface area contributed by atoms with Gasteiger partial charge >= 0.3 is 0 Å². The molecule has 1 amide bonds. The lowest BCUT2D eigenvalue weighted by atomic mass is 10.1. The summed E-state index contributed by atoms with van der Waals surface area (Å²) in [6.45, 7) is 4.78. The van der Waals surface area contributed by atoms with Gasteiger partial charge in [0.2, 0.25) is 11.9 Å². The van der Waals surface area contributed by atoms with Crippen LogP contribution in [0.5, 0.6) is 11.5 Å². The zero-order valence-electron chi connectivity index (χ0n) is 19.7. The summed E-state index contributed by atoms with van der Waals surface area (Å²) in [5.74, 6) is 2.34. The third-order valence-electron chi connectivity index (χ3n) is 5.63. The van der Waals surface area contributed by atoms with Crippen molar-refractivity contribution in [2.24, 2.45) is 0 Å². The summed E-state index contributed by atoms with van der Waals surface area (Å²) >= 11 is 1.39. The fourth-order valence-corrected chi connectivity index (χ4v) is 4.62. The molecule has 1 saturated heterocycles. The molecule has 1 aliphatic rings. The molecule has 0 aliphatic carbocycles. The molecule has 1 aromatic heterocycles. The summed E-state index contributed by atoms with van der Waals surface area (Å²) < 4.78 is 13.1. The van der Waals surface area contributed by atoms with E-state index in [4.69, 9.17) is 9.47 Å². The number of carbonyl (C=O) groups excluding carboxylic acids is 1. The molecule has 4 rings (SSSR count). The van der Waals surface area contributed by atoms with Gasteiger partial charge in [-0.25, -0.2) is 0 Å². The Kier molecular flexibility index (Phi) is 8.30. The number of hydrogen-bond donors (Lipinski definition) is 1. The Morgan fingerprint density at radius 2 is 1.76 bits per heavy atom. The van der Waals surface area contributed by atoms with E-state index >= 15 is 0 Å². The molecule has 2 aromatic carbocycles. The summed E-state index contributed by atoms with van der Waals surface area (Å²) in [6.07, 6.45) is 3.56. The fraction of sp³-hybridized carbons (Fsp3) is 0.400. The SMILES string of the molecule is COc1ccccc1OCCNC(=O)CSc1nnc(N2CCCCC2)n1-c1ccc(C)cc1. The number of carbonyl (C=O) groups is 1. The molecule has 180 valence electrons. The summed E-state index contributed by atoms with van der Waals surface area (Å²) in [5, 5.41) is 12.5. The van der Waals surface area contributed by atoms with Gasteiger partial charge in [0, 0.05) is 13.1 Å². The van der Waals surface area contributed by atoms with Crippen LogP contribution < -0.4 is 19.7 Å². The van der Waals surface area contributed by atoms with E-state index in [1.165, 1.54) is 23.7 Å². The van der Waals surface area contributed by atoms with Crippen LogP contribution >= 0.6 is 11.8 Å². The molecule has 2 heterocycles. The monoisotopic (exact) mass is 481 g/mol. The second-order valence-electron chi connectivity index (χ2n) is 8.14. The molecule has 34 heavy (non-hydrogen) atoms. The first kappa shape index (κ1) is 23.9. The Balaban J connectivity index is 1.36. The van der Waals surface area contributed by atoms with Crippen molar-refractivity contribution in [3.63, 3.8) is 0 Å². The van der Waals surface area contributed by atoms with Crippen LogP contribution in [0, 0.1) is 6.92 Å². The van der Waals surface area contributed by atoms with Crippen molar-refractivity contribution < 1.29 is 14.3 Å². The van der Waals surface area contributed by atoms with Gasteiger partial charge < -0.3 is 19.7 Å². The minimum atomic E-state index is -0.0772. The molecule has 0 atom stereocenters. The van der Waals surface area contributed by atoms with Crippen LogP contribution in [-0.4, -0.2) is 59.8 Å². The predicted molar refractivity (Wildman–Crippen MR) is 134 cm³/mol. The summed E-state index contributed by atoms with van der Waals surface area (Å²) in [6, 6.07) is 15.8. The van der Waals surface area contributed by atoms with Gasteiger partial charge in [-0.05, 0) is 50.5 Å². The van der Waals surface area contributed by atoms with Gasteiger partial charge in [-0.1, -0.05) is 41.6 Å². The molecule has 0 saturated carbocycles. The van der Waals surface area contributed by atoms with Crippen LogP contribution in [0.25, 0.3) is 5.69 Å². The molecule has 0 spiro atoms. The molecule has 3 aromatic rings. The van der Waals surface area contributed by atoms with Crippen molar-refractivity contribution in [2.75, 3.05) is 44.0 Å². The Morgan fingerprint density at radius 1 is 1.03 bits per heavy atom. The number of rotatable bonds is 10. The standard InChI is InChI=1S/C25H31N5O3S/c1-19-10-12-20(13-11-19)30-24(29-15-6-3-7-16-29)27-28-25(30)34-18-23(31)26-14-17-33-22-9-5-4-8-21(22)32-2/h4-5,8-13H,3,6-7,14-18H2,1-2H3,(H,26,31). The molecule has 0 unspecified atom stereocenters. The molecule has 0 bridgehead atoms. The highest BCUT2D eigenvalue weighted by molar-refractivity contribution is 7.99. The van der Waals surface area contributed by atoms with E-state index in [0.717, 1.165) is 37.6 Å². The number of ether oxygens (including phenoxy) is 2. The van der Waals surface area contributed by atoms with E-state index in [9.17, 15) is 4.79 Å². The summed E-state index contributed by atoms with van der Waals surface area (Å²) in [7, 11) is 1.60. The molecule has 1 N–H and O–H groups in total. The number of para-hydroxylation sites is 2. The van der Waals surface area contributed by atoms with E-state index in [1.807, 2.05) is 24.3 Å². The van der Waals surface area contributed by atoms with Crippen molar-refractivity contribution in [1.29, 1.82) is 0 Å². The van der Waals surface area contributed by atoms with Crippen molar-refractivity contribution in [3.8, 4) is 17.2 Å².